The minimum atomic E-state index is -0.533. The van der Waals surface area contributed by atoms with Crippen LogP contribution in [0.5, 0.6) is 0 Å². The normalized spacial score (nSPS) is 19.1. The van der Waals surface area contributed by atoms with Gasteiger partial charge in [0.1, 0.15) is 5.78 Å². The van der Waals surface area contributed by atoms with Crippen LogP contribution in [0.15, 0.2) is 24.3 Å². The first-order valence-corrected chi connectivity index (χ1v) is 6.23. The standard InChI is InChI=1S/C14H16N2O3/c1-15-10-4-2-9(3-5-10)14(19)16-12-7-6-11(17)8-13(12)18/h2-5,12,15H,6-8H2,1H3,(H,16,19). The average Bonchev–Trinajstić information content (AvgIpc) is 2.42. The Morgan fingerprint density at radius 2 is 1.89 bits per heavy atom. The summed E-state index contributed by atoms with van der Waals surface area (Å²) in [4.78, 5) is 34.7. The molecule has 2 rings (SSSR count). The lowest BCUT2D eigenvalue weighted by Gasteiger charge is -2.21. The van der Waals surface area contributed by atoms with Gasteiger partial charge in [-0.25, -0.2) is 0 Å². The summed E-state index contributed by atoms with van der Waals surface area (Å²) < 4.78 is 0. The number of benzene rings is 1. The third-order valence-corrected chi connectivity index (χ3v) is 3.21. The summed E-state index contributed by atoms with van der Waals surface area (Å²) in [6.07, 6.45) is 0.691. The van der Waals surface area contributed by atoms with Gasteiger partial charge in [0.05, 0.1) is 12.5 Å². The minimum absolute atomic E-state index is 0.0473. The van der Waals surface area contributed by atoms with Crippen molar-refractivity contribution in [1.29, 1.82) is 0 Å². The number of hydrogen-bond donors (Lipinski definition) is 2. The number of amides is 1. The molecule has 0 radical (unpaired) electrons. The van der Waals surface area contributed by atoms with Crippen molar-refractivity contribution in [2.24, 2.45) is 0 Å². The van der Waals surface area contributed by atoms with Crippen LogP contribution in [-0.2, 0) is 9.59 Å². The molecule has 5 heteroatoms. The van der Waals surface area contributed by atoms with Crippen LogP contribution in [0.1, 0.15) is 29.6 Å². The van der Waals surface area contributed by atoms with E-state index < -0.39 is 6.04 Å². The van der Waals surface area contributed by atoms with Crippen LogP contribution < -0.4 is 10.6 Å². The highest BCUT2D eigenvalue weighted by Crippen LogP contribution is 2.13. The third kappa shape index (κ3) is 3.19. The maximum Gasteiger partial charge on any atom is 0.251 e. The highest BCUT2D eigenvalue weighted by atomic mass is 16.2. The predicted molar refractivity (Wildman–Crippen MR) is 71.1 cm³/mol. The fraction of sp³-hybridized carbons (Fsp3) is 0.357. The van der Waals surface area contributed by atoms with Crippen LogP contribution in [0, 0.1) is 0 Å². The van der Waals surface area contributed by atoms with Gasteiger partial charge in [-0.1, -0.05) is 0 Å². The van der Waals surface area contributed by atoms with E-state index in [1.165, 1.54) is 0 Å². The summed E-state index contributed by atoms with van der Waals surface area (Å²) in [6.45, 7) is 0. The molecule has 1 aliphatic carbocycles. The first-order valence-electron chi connectivity index (χ1n) is 6.23. The lowest BCUT2D eigenvalue weighted by molar-refractivity contribution is -0.131. The summed E-state index contributed by atoms with van der Waals surface area (Å²) >= 11 is 0. The maximum absolute atomic E-state index is 12.0. The van der Waals surface area contributed by atoms with Crippen molar-refractivity contribution in [2.75, 3.05) is 12.4 Å². The second-order valence-corrected chi connectivity index (χ2v) is 4.57. The zero-order valence-electron chi connectivity index (χ0n) is 10.7. The minimum Gasteiger partial charge on any atom is -0.388 e. The molecule has 1 unspecified atom stereocenters. The number of anilines is 1. The number of rotatable bonds is 3. The first-order chi connectivity index (χ1) is 9.10. The molecule has 0 aromatic heterocycles. The molecule has 0 bridgehead atoms. The van der Waals surface area contributed by atoms with Crippen molar-refractivity contribution < 1.29 is 14.4 Å². The fourth-order valence-corrected chi connectivity index (χ4v) is 2.05. The Hall–Kier alpha value is -2.17. The molecule has 19 heavy (non-hydrogen) atoms. The second kappa shape index (κ2) is 5.65. The zero-order valence-corrected chi connectivity index (χ0v) is 10.7. The molecule has 0 spiro atoms. The van der Waals surface area contributed by atoms with Gasteiger partial charge in [0.15, 0.2) is 5.78 Å². The van der Waals surface area contributed by atoms with Gasteiger partial charge in [0, 0.05) is 24.7 Å². The van der Waals surface area contributed by atoms with Crippen molar-refractivity contribution in [1.82, 2.24) is 5.32 Å². The summed E-state index contributed by atoms with van der Waals surface area (Å²) in [5, 5.41) is 5.64. The SMILES string of the molecule is CNc1ccc(C(=O)NC2CCC(=O)CC2=O)cc1. The van der Waals surface area contributed by atoms with E-state index in [-0.39, 0.29) is 23.9 Å². The Bertz CT molecular complexity index is 508. The van der Waals surface area contributed by atoms with Gasteiger partial charge >= 0.3 is 0 Å². The number of nitrogens with one attached hydrogen (secondary N) is 2. The van der Waals surface area contributed by atoms with Crippen molar-refractivity contribution in [2.45, 2.75) is 25.3 Å². The highest BCUT2D eigenvalue weighted by Gasteiger charge is 2.28. The molecule has 0 aliphatic heterocycles. The molecule has 1 aromatic rings. The number of carbonyl (C=O) groups is 3. The molecule has 1 aromatic carbocycles. The molecule has 1 fully saturated rings. The quantitative estimate of drug-likeness (QED) is 0.799. The predicted octanol–water partition coefficient (Wildman–Crippen LogP) is 1.15. The first kappa shape index (κ1) is 13.3. The third-order valence-electron chi connectivity index (χ3n) is 3.21. The van der Waals surface area contributed by atoms with Crippen LogP contribution in [0.2, 0.25) is 0 Å². The van der Waals surface area contributed by atoms with E-state index >= 15 is 0 Å². The molecule has 1 atom stereocenters. The van der Waals surface area contributed by atoms with Gasteiger partial charge in [-0.3, -0.25) is 14.4 Å². The molecule has 1 aliphatic rings. The van der Waals surface area contributed by atoms with Gasteiger partial charge in [0.25, 0.3) is 5.91 Å². The Morgan fingerprint density at radius 1 is 1.21 bits per heavy atom. The lowest BCUT2D eigenvalue weighted by atomic mass is 9.93. The molecule has 1 saturated carbocycles. The molecule has 5 nitrogen and oxygen atoms in total. The molecule has 1 amide bonds. The van der Waals surface area contributed by atoms with E-state index in [1.807, 2.05) is 0 Å². The summed E-state index contributed by atoms with van der Waals surface area (Å²) in [7, 11) is 1.80. The Balaban J connectivity index is 2.00. The Morgan fingerprint density at radius 3 is 2.47 bits per heavy atom. The van der Waals surface area contributed by atoms with Crippen LogP contribution in [0.3, 0.4) is 0 Å². The average molecular weight is 260 g/mol. The smallest absolute Gasteiger partial charge is 0.251 e. The molecule has 2 N–H and O–H groups in total. The number of Topliss-reactive ketones (excluding diaryl/α,β-unsaturated/α-hetero) is 2. The van der Waals surface area contributed by atoms with E-state index in [4.69, 9.17) is 0 Å². The molecule has 0 saturated heterocycles. The van der Waals surface area contributed by atoms with Crippen molar-refractivity contribution in [3.63, 3.8) is 0 Å². The number of hydrogen-bond acceptors (Lipinski definition) is 4. The molecule has 100 valence electrons. The van der Waals surface area contributed by atoms with Crippen LogP contribution in [0.4, 0.5) is 5.69 Å². The van der Waals surface area contributed by atoms with E-state index in [1.54, 1.807) is 31.3 Å². The van der Waals surface area contributed by atoms with Gasteiger partial charge in [-0.2, -0.15) is 0 Å². The van der Waals surface area contributed by atoms with E-state index in [0.717, 1.165) is 5.69 Å². The summed E-state index contributed by atoms with van der Waals surface area (Å²) in [5.41, 5.74) is 1.42. The summed E-state index contributed by atoms with van der Waals surface area (Å²) in [5.74, 6) is -0.527. The molecular formula is C14H16N2O3. The zero-order chi connectivity index (χ0) is 13.8. The van der Waals surface area contributed by atoms with Crippen molar-refractivity contribution in [3.8, 4) is 0 Å². The van der Waals surface area contributed by atoms with Crippen LogP contribution in [-0.4, -0.2) is 30.6 Å². The van der Waals surface area contributed by atoms with Gasteiger partial charge < -0.3 is 10.6 Å². The maximum atomic E-state index is 12.0. The van der Waals surface area contributed by atoms with E-state index in [2.05, 4.69) is 10.6 Å². The Kier molecular flexibility index (Phi) is 3.94. The molecule has 0 heterocycles. The second-order valence-electron chi connectivity index (χ2n) is 4.57. The lowest BCUT2D eigenvalue weighted by Crippen LogP contribution is -2.44. The monoisotopic (exact) mass is 260 g/mol. The summed E-state index contributed by atoms with van der Waals surface area (Å²) in [6, 6.07) is 6.44. The van der Waals surface area contributed by atoms with E-state index in [0.29, 0.717) is 18.4 Å². The molecular weight excluding hydrogens is 244 g/mol. The fourth-order valence-electron chi connectivity index (χ4n) is 2.05. The van der Waals surface area contributed by atoms with Crippen molar-refractivity contribution in [3.05, 3.63) is 29.8 Å². The van der Waals surface area contributed by atoms with Gasteiger partial charge in [-0.15, -0.1) is 0 Å². The largest absolute Gasteiger partial charge is 0.388 e. The van der Waals surface area contributed by atoms with Crippen LogP contribution in [0.25, 0.3) is 0 Å². The van der Waals surface area contributed by atoms with Crippen molar-refractivity contribution >= 4 is 23.2 Å². The topological polar surface area (TPSA) is 75.3 Å². The van der Waals surface area contributed by atoms with Crippen LogP contribution >= 0.6 is 0 Å². The number of ketones is 2. The highest BCUT2D eigenvalue weighted by molar-refractivity contribution is 6.06. The number of carbonyl (C=O) groups excluding carboxylic acids is 3. The van der Waals surface area contributed by atoms with Gasteiger partial charge in [-0.05, 0) is 30.7 Å². The van der Waals surface area contributed by atoms with E-state index in [9.17, 15) is 14.4 Å². The van der Waals surface area contributed by atoms with Gasteiger partial charge in [0.2, 0.25) is 0 Å². The Labute approximate surface area is 111 Å².